The van der Waals surface area contributed by atoms with Crippen molar-refractivity contribution in [3.63, 3.8) is 0 Å². The number of rotatable bonds is 4. The molecule has 4 nitrogen and oxygen atoms in total. The Balaban J connectivity index is 2.14. The molecule has 0 aliphatic heterocycles. The van der Waals surface area contributed by atoms with Crippen molar-refractivity contribution >= 4 is 11.6 Å². The molecule has 0 aliphatic carbocycles. The zero-order valence-electron chi connectivity index (χ0n) is 8.17. The Morgan fingerprint density at radius 3 is 2.93 bits per heavy atom. The molecule has 0 bridgehead atoms. The highest BCUT2D eigenvalue weighted by atomic mass is 35.5. The number of nitrogens with zero attached hydrogens (tertiary/aromatic N) is 4. The predicted molar refractivity (Wildman–Crippen MR) is 58.2 cm³/mol. The maximum absolute atomic E-state index is 5.63. The van der Waals surface area contributed by atoms with E-state index in [1.807, 2.05) is 12.4 Å². The summed E-state index contributed by atoms with van der Waals surface area (Å²) in [7, 11) is 0. The topological polar surface area (TPSA) is 43.6 Å². The van der Waals surface area contributed by atoms with Gasteiger partial charge in [-0.05, 0) is 18.4 Å². The molecule has 2 aromatic heterocycles. The minimum Gasteiger partial charge on any atom is -0.259 e. The SMILES string of the molecule is ClCCCc1cnn(-c2cnccn2)c1. The highest BCUT2D eigenvalue weighted by Gasteiger charge is 2.01. The van der Waals surface area contributed by atoms with Crippen molar-refractivity contribution in [3.05, 3.63) is 36.5 Å². The largest absolute Gasteiger partial charge is 0.259 e. The van der Waals surface area contributed by atoms with Crippen molar-refractivity contribution in [1.29, 1.82) is 0 Å². The normalized spacial score (nSPS) is 10.5. The Hall–Kier alpha value is -1.42. The van der Waals surface area contributed by atoms with Crippen LogP contribution in [0.2, 0.25) is 0 Å². The Labute approximate surface area is 92.9 Å². The lowest BCUT2D eigenvalue weighted by Gasteiger charge is -1.96. The van der Waals surface area contributed by atoms with Crippen molar-refractivity contribution in [2.75, 3.05) is 5.88 Å². The van der Waals surface area contributed by atoms with Crippen LogP contribution in [0, 0.1) is 0 Å². The molecule has 15 heavy (non-hydrogen) atoms. The summed E-state index contributed by atoms with van der Waals surface area (Å²) >= 11 is 5.63. The Kier molecular flexibility index (Phi) is 3.29. The number of alkyl halides is 1. The Morgan fingerprint density at radius 2 is 2.20 bits per heavy atom. The lowest BCUT2D eigenvalue weighted by Crippen LogP contribution is -1.97. The summed E-state index contributed by atoms with van der Waals surface area (Å²) < 4.78 is 1.72. The third-order valence-corrected chi connectivity index (χ3v) is 2.29. The second-order valence-corrected chi connectivity index (χ2v) is 3.53. The number of halogens is 1. The molecule has 0 unspecified atom stereocenters. The fourth-order valence-corrected chi connectivity index (χ4v) is 1.43. The molecule has 0 atom stereocenters. The van der Waals surface area contributed by atoms with Gasteiger partial charge in [-0.2, -0.15) is 5.10 Å². The van der Waals surface area contributed by atoms with E-state index >= 15 is 0 Å². The summed E-state index contributed by atoms with van der Waals surface area (Å²) in [5, 5.41) is 4.21. The first-order valence-corrected chi connectivity index (χ1v) is 5.29. The molecular weight excluding hydrogens is 212 g/mol. The third-order valence-electron chi connectivity index (χ3n) is 2.02. The molecule has 0 aliphatic rings. The monoisotopic (exact) mass is 222 g/mol. The van der Waals surface area contributed by atoms with E-state index in [0.29, 0.717) is 5.88 Å². The van der Waals surface area contributed by atoms with Gasteiger partial charge in [0, 0.05) is 24.5 Å². The lowest BCUT2D eigenvalue weighted by molar-refractivity contribution is 0.836. The van der Waals surface area contributed by atoms with Gasteiger partial charge in [0.05, 0.1) is 12.4 Å². The van der Waals surface area contributed by atoms with E-state index in [2.05, 4.69) is 15.1 Å². The molecule has 0 saturated heterocycles. The van der Waals surface area contributed by atoms with Gasteiger partial charge in [0.15, 0.2) is 5.82 Å². The smallest absolute Gasteiger partial charge is 0.171 e. The highest BCUT2D eigenvalue weighted by Crippen LogP contribution is 2.06. The van der Waals surface area contributed by atoms with Crippen LogP contribution in [-0.2, 0) is 6.42 Å². The second-order valence-electron chi connectivity index (χ2n) is 3.15. The first-order chi connectivity index (χ1) is 7.40. The molecular formula is C10H11ClN4. The van der Waals surface area contributed by atoms with E-state index in [1.54, 1.807) is 23.3 Å². The van der Waals surface area contributed by atoms with Gasteiger partial charge in [-0.1, -0.05) is 0 Å². The molecule has 2 rings (SSSR count). The van der Waals surface area contributed by atoms with Gasteiger partial charge in [-0.3, -0.25) is 4.98 Å². The lowest BCUT2D eigenvalue weighted by atomic mass is 10.2. The van der Waals surface area contributed by atoms with E-state index in [9.17, 15) is 0 Å². The first kappa shape index (κ1) is 10.1. The van der Waals surface area contributed by atoms with Crippen LogP contribution >= 0.6 is 11.6 Å². The Morgan fingerprint density at radius 1 is 1.27 bits per heavy atom. The summed E-state index contributed by atoms with van der Waals surface area (Å²) in [6.07, 6.45) is 10.7. The van der Waals surface area contributed by atoms with E-state index in [-0.39, 0.29) is 0 Å². The third kappa shape index (κ3) is 2.53. The van der Waals surface area contributed by atoms with Gasteiger partial charge in [0.2, 0.25) is 0 Å². The van der Waals surface area contributed by atoms with Gasteiger partial charge in [0.25, 0.3) is 0 Å². The second kappa shape index (κ2) is 4.89. The van der Waals surface area contributed by atoms with Crippen molar-refractivity contribution in [1.82, 2.24) is 19.7 Å². The highest BCUT2D eigenvalue weighted by molar-refractivity contribution is 6.17. The summed E-state index contributed by atoms with van der Waals surface area (Å²) in [4.78, 5) is 8.14. The van der Waals surface area contributed by atoms with Crippen molar-refractivity contribution in [2.24, 2.45) is 0 Å². The van der Waals surface area contributed by atoms with Crippen LogP contribution in [-0.4, -0.2) is 25.6 Å². The quantitative estimate of drug-likeness (QED) is 0.742. The first-order valence-electron chi connectivity index (χ1n) is 4.76. The average Bonchev–Trinajstić information content (AvgIpc) is 2.76. The Bertz CT molecular complexity index is 412. The van der Waals surface area contributed by atoms with Crippen LogP contribution in [0.1, 0.15) is 12.0 Å². The molecule has 2 heterocycles. The number of aromatic nitrogens is 4. The number of hydrogen-bond donors (Lipinski definition) is 0. The molecule has 0 aromatic carbocycles. The van der Waals surface area contributed by atoms with Crippen LogP contribution < -0.4 is 0 Å². The van der Waals surface area contributed by atoms with Crippen LogP contribution in [0.4, 0.5) is 0 Å². The summed E-state index contributed by atoms with van der Waals surface area (Å²) in [5.74, 6) is 1.41. The van der Waals surface area contributed by atoms with E-state index in [0.717, 1.165) is 18.7 Å². The van der Waals surface area contributed by atoms with Crippen LogP contribution in [0.5, 0.6) is 0 Å². The molecule has 2 aromatic rings. The van der Waals surface area contributed by atoms with Crippen LogP contribution in [0.3, 0.4) is 0 Å². The number of aryl methyl sites for hydroxylation is 1. The van der Waals surface area contributed by atoms with Crippen molar-refractivity contribution in [2.45, 2.75) is 12.8 Å². The molecule has 5 heteroatoms. The molecule has 0 N–H and O–H groups in total. The summed E-state index contributed by atoms with van der Waals surface area (Å²) in [5.41, 5.74) is 1.17. The van der Waals surface area contributed by atoms with Crippen LogP contribution in [0.15, 0.2) is 31.0 Å². The molecule has 0 fully saturated rings. The standard InChI is InChI=1S/C10H11ClN4/c11-3-1-2-9-6-14-15(8-9)10-7-12-4-5-13-10/h4-8H,1-3H2. The number of hydrogen-bond acceptors (Lipinski definition) is 3. The van der Waals surface area contributed by atoms with Gasteiger partial charge in [-0.25, -0.2) is 9.67 Å². The minimum absolute atomic E-state index is 0.677. The van der Waals surface area contributed by atoms with E-state index in [4.69, 9.17) is 11.6 Å². The van der Waals surface area contributed by atoms with E-state index in [1.165, 1.54) is 5.56 Å². The summed E-state index contributed by atoms with van der Waals surface area (Å²) in [6, 6.07) is 0. The zero-order valence-corrected chi connectivity index (χ0v) is 8.93. The zero-order chi connectivity index (χ0) is 10.5. The van der Waals surface area contributed by atoms with Gasteiger partial charge in [0.1, 0.15) is 0 Å². The fraction of sp³-hybridized carbons (Fsp3) is 0.300. The maximum atomic E-state index is 5.63. The molecule has 0 amide bonds. The predicted octanol–water partition coefficient (Wildman–Crippen LogP) is 1.83. The fourth-order valence-electron chi connectivity index (χ4n) is 1.29. The van der Waals surface area contributed by atoms with Crippen molar-refractivity contribution in [3.8, 4) is 5.82 Å². The van der Waals surface area contributed by atoms with E-state index < -0.39 is 0 Å². The molecule has 0 saturated carbocycles. The van der Waals surface area contributed by atoms with Crippen LogP contribution in [0.25, 0.3) is 5.82 Å². The van der Waals surface area contributed by atoms with Crippen molar-refractivity contribution < 1.29 is 0 Å². The van der Waals surface area contributed by atoms with Gasteiger partial charge < -0.3 is 0 Å². The van der Waals surface area contributed by atoms with Gasteiger partial charge >= 0.3 is 0 Å². The molecule has 0 spiro atoms. The summed E-state index contributed by atoms with van der Waals surface area (Å²) in [6.45, 7) is 0. The van der Waals surface area contributed by atoms with Gasteiger partial charge in [-0.15, -0.1) is 11.6 Å². The average molecular weight is 223 g/mol. The molecule has 78 valence electrons. The maximum Gasteiger partial charge on any atom is 0.171 e. The minimum atomic E-state index is 0.677. The molecule has 0 radical (unpaired) electrons.